The van der Waals surface area contributed by atoms with Crippen molar-refractivity contribution in [3.63, 3.8) is 0 Å². The molecule has 3 aliphatic carbocycles. The maximum Gasteiger partial charge on any atom is 0.309 e. The minimum absolute atomic E-state index is 0.0657. The van der Waals surface area contributed by atoms with Gasteiger partial charge in [-0.15, -0.1) is 0 Å². The second kappa shape index (κ2) is 6.44. The lowest BCUT2D eigenvalue weighted by Gasteiger charge is -2.58. The van der Waals surface area contributed by atoms with E-state index in [1.165, 1.54) is 6.42 Å². The Kier molecular flexibility index (Phi) is 4.76. The van der Waals surface area contributed by atoms with Crippen molar-refractivity contribution in [2.75, 3.05) is 7.11 Å². The zero-order valence-corrected chi connectivity index (χ0v) is 16.2. The SMILES string of the molecule is CON=CC[C@@]1(C)CC=C2C(CCC3[C@](C)(C(=O)O)CCC[C@@]23C)C1. The summed E-state index contributed by atoms with van der Waals surface area (Å²) in [6, 6.07) is 0. The number of aliphatic carboxylic acids is 1. The van der Waals surface area contributed by atoms with E-state index in [1.807, 2.05) is 13.1 Å². The van der Waals surface area contributed by atoms with Crippen molar-refractivity contribution >= 4 is 12.2 Å². The van der Waals surface area contributed by atoms with Gasteiger partial charge in [0.1, 0.15) is 7.11 Å². The predicted octanol–water partition coefficient (Wildman–Crippen LogP) is 5.04. The molecule has 0 bridgehead atoms. The molecule has 4 nitrogen and oxygen atoms in total. The average Bonchev–Trinajstić information content (AvgIpc) is 2.54. The summed E-state index contributed by atoms with van der Waals surface area (Å²) in [5.74, 6) is 0.277. The molecule has 25 heavy (non-hydrogen) atoms. The lowest BCUT2D eigenvalue weighted by atomic mass is 9.46. The highest BCUT2D eigenvalue weighted by atomic mass is 16.6. The number of carbonyl (C=O) groups is 1. The molecular weight excluding hydrogens is 314 g/mol. The van der Waals surface area contributed by atoms with Gasteiger partial charge in [0.05, 0.1) is 5.41 Å². The van der Waals surface area contributed by atoms with Gasteiger partial charge in [-0.1, -0.05) is 37.1 Å². The van der Waals surface area contributed by atoms with E-state index in [4.69, 9.17) is 4.84 Å². The normalized spacial score (nSPS) is 43.9. The maximum atomic E-state index is 12.0. The lowest BCUT2D eigenvalue weighted by Crippen LogP contribution is -2.52. The summed E-state index contributed by atoms with van der Waals surface area (Å²) in [6.07, 6.45) is 12.7. The lowest BCUT2D eigenvalue weighted by molar-refractivity contribution is -0.160. The maximum absolute atomic E-state index is 12.0. The molecule has 4 heteroatoms. The quantitative estimate of drug-likeness (QED) is 0.440. The Morgan fingerprint density at radius 3 is 2.80 bits per heavy atom. The first kappa shape index (κ1) is 18.5. The highest BCUT2D eigenvalue weighted by molar-refractivity contribution is 5.75. The summed E-state index contributed by atoms with van der Waals surface area (Å²) in [7, 11) is 1.59. The molecule has 0 aromatic carbocycles. The number of fused-ring (bicyclic) bond motifs is 3. The summed E-state index contributed by atoms with van der Waals surface area (Å²) in [5.41, 5.74) is 1.31. The Labute approximate surface area is 151 Å². The number of carboxylic acid groups (broad SMARTS) is 1. The van der Waals surface area contributed by atoms with Crippen molar-refractivity contribution in [2.45, 2.75) is 72.1 Å². The van der Waals surface area contributed by atoms with Crippen molar-refractivity contribution in [2.24, 2.45) is 33.2 Å². The summed E-state index contributed by atoms with van der Waals surface area (Å²) in [4.78, 5) is 16.9. The van der Waals surface area contributed by atoms with E-state index in [-0.39, 0.29) is 16.7 Å². The second-order valence-electron chi connectivity index (χ2n) is 9.37. The van der Waals surface area contributed by atoms with Crippen LogP contribution in [0.2, 0.25) is 0 Å². The predicted molar refractivity (Wildman–Crippen MR) is 99.5 cm³/mol. The van der Waals surface area contributed by atoms with Gasteiger partial charge in [0.25, 0.3) is 0 Å². The largest absolute Gasteiger partial charge is 0.481 e. The molecule has 3 aliphatic rings. The van der Waals surface area contributed by atoms with Gasteiger partial charge in [0.2, 0.25) is 0 Å². The van der Waals surface area contributed by atoms with Crippen LogP contribution in [0.15, 0.2) is 16.8 Å². The van der Waals surface area contributed by atoms with Crippen LogP contribution in [0.25, 0.3) is 0 Å². The first-order chi connectivity index (χ1) is 11.8. The van der Waals surface area contributed by atoms with E-state index >= 15 is 0 Å². The molecule has 2 unspecified atom stereocenters. The summed E-state index contributed by atoms with van der Waals surface area (Å²) in [5, 5.41) is 13.8. The molecule has 0 saturated heterocycles. The van der Waals surface area contributed by atoms with Gasteiger partial charge in [-0.05, 0) is 74.5 Å². The fourth-order valence-electron chi connectivity index (χ4n) is 6.25. The molecule has 2 saturated carbocycles. The number of hydrogen-bond acceptors (Lipinski definition) is 3. The number of rotatable bonds is 4. The van der Waals surface area contributed by atoms with Gasteiger partial charge in [-0.2, -0.15) is 0 Å². The van der Waals surface area contributed by atoms with Crippen LogP contribution < -0.4 is 0 Å². The van der Waals surface area contributed by atoms with Crippen LogP contribution in [0.3, 0.4) is 0 Å². The summed E-state index contributed by atoms with van der Waals surface area (Å²) in [6.45, 7) is 6.69. The number of hydrogen-bond donors (Lipinski definition) is 1. The van der Waals surface area contributed by atoms with E-state index in [0.717, 1.165) is 44.9 Å². The molecule has 0 aromatic heterocycles. The molecule has 0 spiro atoms. The molecule has 1 N–H and O–H groups in total. The van der Waals surface area contributed by atoms with Crippen LogP contribution in [-0.4, -0.2) is 24.4 Å². The third-order valence-corrected chi connectivity index (χ3v) is 7.64. The Hall–Kier alpha value is -1.32. The topological polar surface area (TPSA) is 58.9 Å². The zero-order valence-electron chi connectivity index (χ0n) is 16.2. The highest BCUT2D eigenvalue weighted by Crippen LogP contribution is 2.63. The molecule has 0 aromatic rings. The molecule has 140 valence electrons. The van der Waals surface area contributed by atoms with Crippen molar-refractivity contribution in [1.29, 1.82) is 0 Å². The Balaban J connectivity index is 1.87. The monoisotopic (exact) mass is 347 g/mol. The molecule has 0 amide bonds. The Morgan fingerprint density at radius 1 is 1.36 bits per heavy atom. The van der Waals surface area contributed by atoms with Crippen LogP contribution >= 0.6 is 0 Å². The van der Waals surface area contributed by atoms with Gasteiger partial charge in [-0.25, -0.2) is 0 Å². The molecule has 5 atom stereocenters. The zero-order chi connectivity index (χ0) is 18.3. The number of allylic oxidation sites excluding steroid dienone is 2. The highest BCUT2D eigenvalue weighted by Gasteiger charge is 2.57. The molecule has 0 radical (unpaired) electrons. The van der Waals surface area contributed by atoms with Crippen LogP contribution in [0, 0.1) is 28.1 Å². The standard InChI is InChI=1S/C21H33NO3/c1-19(12-13-22-25-4)11-8-16-15(14-19)6-7-17-20(16,2)9-5-10-21(17,3)18(23)24/h8,13,15,17H,5-7,9-12,14H2,1-4H3,(H,23,24)/t15?,17?,19-,20+,21-/m1/s1. The number of carboxylic acids is 1. The third kappa shape index (κ3) is 3.02. The van der Waals surface area contributed by atoms with Crippen molar-refractivity contribution in [3.05, 3.63) is 11.6 Å². The van der Waals surface area contributed by atoms with Gasteiger partial charge in [0, 0.05) is 6.21 Å². The molecule has 2 fully saturated rings. The van der Waals surface area contributed by atoms with Gasteiger partial charge in [0.15, 0.2) is 0 Å². The number of nitrogens with zero attached hydrogens (tertiary/aromatic N) is 1. The molecule has 0 aliphatic heterocycles. The summed E-state index contributed by atoms with van der Waals surface area (Å²) < 4.78 is 0. The van der Waals surface area contributed by atoms with Crippen LogP contribution in [0.4, 0.5) is 0 Å². The third-order valence-electron chi connectivity index (χ3n) is 7.64. The van der Waals surface area contributed by atoms with Crippen LogP contribution in [-0.2, 0) is 9.63 Å². The first-order valence-corrected chi connectivity index (χ1v) is 9.74. The van der Waals surface area contributed by atoms with E-state index in [9.17, 15) is 9.90 Å². The smallest absolute Gasteiger partial charge is 0.309 e. The van der Waals surface area contributed by atoms with Gasteiger partial charge >= 0.3 is 5.97 Å². The van der Waals surface area contributed by atoms with E-state index in [1.54, 1.807) is 12.7 Å². The van der Waals surface area contributed by atoms with Crippen LogP contribution in [0.1, 0.15) is 72.1 Å². The molecule has 0 heterocycles. The first-order valence-electron chi connectivity index (χ1n) is 9.74. The Bertz CT molecular complexity index is 598. The van der Waals surface area contributed by atoms with Crippen molar-refractivity contribution in [1.82, 2.24) is 0 Å². The average molecular weight is 347 g/mol. The minimum Gasteiger partial charge on any atom is -0.481 e. The van der Waals surface area contributed by atoms with Gasteiger partial charge < -0.3 is 9.94 Å². The number of oxime groups is 1. The summed E-state index contributed by atoms with van der Waals surface area (Å²) >= 11 is 0. The van der Waals surface area contributed by atoms with E-state index in [0.29, 0.717) is 5.92 Å². The molecular formula is C21H33NO3. The van der Waals surface area contributed by atoms with E-state index < -0.39 is 11.4 Å². The van der Waals surface area contributed by atoms with Gasteiger partial charge in [-0.3, -0.25) is 4.79 Å². The minimum atomic E-state index is -0.598. The van der Waals surface area contributed by atoms with Crippen molar-refractivity contribution in [3.8, 4) is 0 Å². The van der Waals surface area contributed by atoms with E-state index in [2.05, 4.69) is 25.1 Å². The fourth-order valence-corrected chi connectivity index (χ4v) is 6.25. The Morgan fingerprint density at radius 2 is 2.12 bits per heavy atom. The van der Waals surface area contributed by atoms with Crippen molar-refractivity contribution < 1.29 is 14.7 Å². The van der Waals surface area contributed by atoms with Crippen LogP contribution in [0.5, 0.6) is 0 Å². The molecule has 3 rings (SSSR count). The second-order valence-corrected chi connectivity index (χ2v) is 9.37. The fraction of sp³-hybridized carbons (Fsp3) is 0.810.